The van der Waals surface area contributed by atoms with E-state index in [-0.39, 0.29) is 5.91 Å². The quantitative estimate of drug-likeness (QED) is 0.907. The summed E-state index contributed by atoms with van der Waals surface area (Å²) in [5, 5.41) is 1.95. The molecular formula is C14H17N3OS. The first kappa shape index (κ1) is 13.7. The maximum Gasteiger partial charge on any atom is 0.253 e. The van der Waals surface area contributed by atoms with Crippen molar-refractivity contribution in [1.29, 1.82) is 0 Å². The van der Waals surface area contributed by atoms with E-state index < -0.39 is 0 Å². The fourth-order valence-corrected chi connectivity index (χ4v) is 2.38. The zero-order valence-corrected chi connectivity index (χ0v) is 11.7. The second-order valence-electron chi connectivity index (χ2n) is 4.38. The van der Waals surface area contributed by atoms with Gasteiger partial charge >= 0.3 is 0 Å². The van der Waals surface area contributed by atoms with Crippen molar-refractivity contribution in [3.05, 3.63) is 52.0 Å². The number of rotatable bonds is 5. The molecule has 0 aliphatic rings. The van der Waals surface area contributed by atoms with E-state index in [1.54, 1.807) is 17.5 Å². The lowest BCUT2D eigenvalue weighted by Crippen LogP contribution is -2.26. The monoisotopic (exact) mass is 275 g/mol. The highest BCUT2D eigenvalue weighted by Gasteiger charge is 2.12. The number of nitrogens with zero attached hydrogens (tertiary/aromatic N) is 2. The highest BCUT2D eigenvalue weighted by atomic mass is 32.1. The smallest absolute Gasteiger partial charge is 0.253 e. The van der Waals surface area contributed by atoms with Crippen LogP contribution in [0.2, 0.25) is 0 Å². The van der Waals surface area contributed by atoms with Crippen molar-refractivity contribution >= 4 is 17.2 Å². The first-order valence-corrected chi connectivity index (χ1v) is 7.06. The lowest BCUT2D eigenvalue weighted by atomic mass is 10.1. The zero-order chi connectivity index (χ0) is 13.7. The molecule has 0 saturated heterocycles. The normalized spacial score (nSPS) is 10.4. The summed E-state index contributed by atoms with van der Waals surface area (Å²) in [6.45, 7) is 1.16. The molecule has 0 fully saturated rings. The summed E-state index contributed by atoms with van der Waals surface area (Å²) in [5.41, 5.74) is 10.0. The van der Waals surface area contributed by atoms with Gasteiger partial charge in [0.15, 0.2) is 0 Å². The predicted octanol–water partition coefficient (Wildman–Crippen LogP) is 1.92. The van der Waals surface area contributed by atoms with Crippen LogP contribution in [-0.2, 0) is 13.0 Å². The Morgan fingerprint density at radius 2 is 2.11 bits per heavy atom. The summed E-state index contributed by atoms with van der Waals surface area (Å²) >= 11 is 1.54. The van der Waals surface area contributed by atoms with Crippen molar-refractivity contribution in [3.63, 3.8) is 0 Å². The molecule has 5 heteroatoms. The SMILES string of the molecule is CN(Cc1cscn1)C(=O)c1ccc(CCN)cc1. The van der Waals surface area contributed by atoms with Crippen LogP contribution in [0.1, 0.15) is 21.6 Å². The van der Waals surface area contributed by atoms with E-state index in [4.69, 9.17) is 5.73 Å². The Kier molecular flexibility index (Phi) is 4.65. The van der Waals surface area contributed by atoms with Crippen molar-refractivity contribution in [2.75, 3.05) is 13.6 Å². The van der Waals surface area contributed by atoms with Crippen LogP contribution in [0.4, 0.5) is 0 Å². The van der Waals surface area contributed by atoms with E-state index in [1.807, 2.05) is 29.6 Å². The lowest BCUT2D eigenvalue weighted by Gasteiger charge is -2.16. The minimum atomic E-state index is 0.00676. The maximum atomic E-state index is 12.2. The third kappa shape index (κ3) is 3.62. The first-order chi connectivity index (χ1) is 9.20. The van der Waals surface area contributed by atoms with E-state index in [1.165, 1.54) is 11.3 Å². The number of amides is 1. The Balaban J connectivity index is 2.02. The van der Waals surface area contributed by atoms with Gasteiger partial charge in [-0.15, -0.1) is 11.3 Å². The molecule has 2 N–H and O–H groups in total. The van der Waals surface area contributed by atoms with Crippen LogP contribution in [0.3, 0.4) is 0 Å². The number of carbonyl (C=O) groups is 1. The maximum absolute atomic E-state index is 12.2. The number of thiazole rings is 1. The van der Waals surface area contributed by atoms with Crippen molar-refractivity contribution in [2.24, 2.45) is 5.73 Å². The molecule has 1 aromatic heterocycles. The molecular weight excluding hydrogens is 258 g/mol. The number of aromatic nitrogens is 1. The van der Waals surface area contributed by atoms with Gasteiger partial charge in [-0.05, 0) is 30.7 Å². The first-order valence-electron chi connectivity index (χ1n) is 6.12. The minimum Gasteiger partial charge on any atom is -0.336 e. The van der Waals surface area contributed by atoms with Crippen molar-refractivity contribution in [2.45, 2.75) is 13.0 Å². The van der Waals surface area contributed by atoms with Gasteiger partial charge in [0, 0.05) is 18.0 Å². The number of carbonyl (C=O) groups excluding carboxylic acids is 1. The molecule has 0 aliphatic carbocycles. The Labute approximate surface area is 116 Å². The van der Waals surface area contributed by atoms with Crippen LogP contribution in [0, 0.1) is 0 Å². The van der Waals surface area contributed by atoms with Gasteiger partial charge in [-0.2, -0.15) is 0 Å². The van der Waals surface area contributed by atoms with Crippen LogP contribution < -0.4 is 5.73 Å². The highest BCUT2D eigenvalue weighted by Crippen LogP contribution is 2.10. The van der Waals surface area contributed by atoms with Crippen LogP contribution in [0.5, 0.6) is 0 Å². The van der Waals surface area contributed by atoms with E-state index in [0.717, 1.165) is 17.7 Å². The molecule has 100 valence electrons. The number of nitrogens with two attached hydrogens (primary N) is 1. The third-order valence-corrected chi connectivity index (χ3v) is 3.50. The Hall–Kier alpha value is -1.72. The summed E-state index contributed by atoms with van der Waals surface area (Å²) in [6.07, 6.45) is 0.836. The molecule has 0 unspecified atom stereocenters. The van der Waals surface area contributed by atoms with Crippen LogP contribution in [-0.4, -0.2) is 29.4 Å². The van der Waals surface area contributed by atoms with Gasteiger partial charge in [0.05, 0.1) is 17.7 Å². The average molecular weight is 275 g/mol. The van der Waals surface area contributed by atoms with Gasteiger partial charge in [-0.3, -0.25) is 4.79 Å². The number of hydrogen-bond acceptors (Lipinski definition) is 4. The van der Waals surface area contributed by atoms with Crippen LogP contribution in [0.25, 0.3) is 0 Å². The summed E-state index contributed by atoms with van der Waals surface area (Å²) in [4.78, 5) is 18.1. The molecule has 19 heavy (non-hydrogen) atoms. The van der Waals surface area contributed by atoms with Gasteiger partial charge in [-0.1, -0.05) is 12.1 Å². The van der Waals surface area contributed by atoms with E-state index >= 15 is 0 Å². The van der Waals surface area contributed by atoms with Gasteiger partial charge in [-0.25, -0.2) is 4.98 Å². The predicted molar refractivity (Wildman–Crippen MR) is 77.1 cm³/mol. The molecule has 2 aromatic rings. The minimum absolute atomic E-state index is 0.00676. The highest BCUT2D eigenvalue weighted by molar-refractivity contribution is 7.07. The fraction of sp³-hybridized carbons (Fsp3) is 0.286. The van der Waals surface area contributed by atoms with Crippen LogP contribution >= 0.6 is 11.3 Å². The Morgan fingerprint density at radius 1 is 1.37 bits per heavy atom. The lowest BCUT2D eigenvalue weighted by molar-refractivity contribution is 0.0783. The third-order valence-electron chi connectivity index (χ3n) is 2.86. The molecule has 1 amide bonds. The topological polar surface area (TPSA) is 59.2 Å². The summed E-state index contributed by atoms with van der Waals surface area (Å²) in [5.74, 6) is 0.00676. The van der Waals surface area contributed by atoms with Crippen molar-refractivity contribution < 1.29 is 4.79 Å². The number of hydrogen-bond donors (Lipinski definition) is 1. The molecule has 1 heterocycles. The van der Waals surface area contributed by atoms with Gasteiger partial charge in [0.2, 0.25) is 0 Å². The molecule has 2 rings (SSSR count). The molecule has 0 spiro atoms. The molecule has 0 aliphatic heterocycles. The van der Waals surface area contributed by atoms with E-state index in [9.17, 15) is 4.79 Å². The molecule has 0 atom stereocenters. The molecule has 0 bridgehead atoms. The average Bonchev–Trinajstić information content (AvgIpc) is 2.92. The van der Waals surface area contributed by atoms with Gasteiger partial charge < -0.3 is 10.6 Å². The zero-order valence-electron chi connectivity index (χ0n) is 10.9. The standard InChI is InChI=1S/C14H17N3OS/c1-17(8-13-9-19-10-16-13)14(18)12-4-2-11(3-5-12)6-7-15/h2-5,9-10H,6-8,15H2,1H3. The molecule has 0 saturated carbocycles. The number of benzene rings is 1. The summed E-state index contributed by atoms with van der Waals surface area (Å²) in [6, 6.07) is 7.61. The molecule has 1 aromatic carbocycles. The van der Waals surface area contributed by atoms with E-state index in [0.29, 0.717) is 18.7 Å². The van der Waals surface area contributed by atoms with Crippen molar-refractivity contribution in [3.8, 4) is 0 Å². The van der Waals surface area contributed by atoms with Crippen LogP contribution in [0.15, 0.2) is 35.2 Å². The van der Waals surface area contributed by atoms with Crippen molar-refractivity contribution in [1.82, 2.24) is 9.88 Å². The summed E-state index contributed by atoms with van der Waals surface area (Å²) in [7, 11) is 1.79. The molecule has 4 nitrogen and oxygen atoms in total. The summed E-state index contributed by atoms with van der Waals surface area (Å²) < 4.78 is 0. The fourth-order valence-electron chi connectivity index (χ4n) is 1.83. The molecule has 0 radical (unpaired) electrons. The van der Waals surface area contributed by atoms with E-state index in [2.05, 4.69) is 4.98 Å². The Morgan fingerprint density at radius 3 is 2.68 bits per heavy atom. The second-order valence-corrected chi connectivity index (χ2v) is 5.10. The van der Waals surface area contributed by atoms with Gasteiger partial charge in [0.1, 0.15) is 0 Å². The largest absolute Gasteiger partial charge is 0.336 e. The Bertz CT molecular complexity index is 522. The van der Waals surface area contributed by atoms with Gasteiger partial charge in [0.25, 0.3) is 5.91 Å². The second kappa shape index (κ2) is 6.45.